The maximum Gasteiger partial charge on any atom is 0.0492 e. The number of benzene rings is 1. The quantitative estimate of drug-likeness (QED) is 0.534. The second-order valence-corrected chi connectivity index (χ2v) is 22.3. The predicted octanol–water partition coefficient (Wildman–Crippen LogP) is 4.74. The van der Waals surface area contributed by atoms with Crippen molar-refractivity contribution in [3.8, 4) is 0 Å². The summed E-state index contributed by atoms with van der Waals surface area (Å²) >= 11 is 0. The Bertz CT molecular complexity index is 447. The van der Waals surface area contributed by atoms with Crippen LogP contribution in [0.5, 0.6) is 0 Å². The van der Waals surface area contributed by atoms with Crippen LogP contribution in [0.2, 0.25) is 39.3 Å². The fourth-order valence-corrected chi connectivity index (χ4v) is 18.9. The summed E-state index contributed by atoms with van der Waals surface area (Å²) in [6.45, 7) is 17.7. The molecule has 0 aromatic heterocycles. The molecule has 0 N–H and O–H groups in total. The van der Waals surface area contributed by atoms with Gasteiger partial charge in [0.15, 0.2) is 0 Å². The van der Waals surface area contributed by atoms with Crippen LogP contribution in [-0.2, 0) is 0 Å². The average molecular weight is 340 g/mol. The highest BCUT2D eigenvalue weighted by atomic mass is 31.1. The minimum atomic E-state index is -1.13. The van der Waals surface area contributed by atoms with Crippen molar-refractivity contribution in [1.29, 1.82) is 0 Å². The predicted molar refractivity (Wildman–Crippen MR) is 107 cm³/mol. The van der Waals surface area contributed by atoms with E-state index < -0.39 is 16.1 Å². The lowest BCUT2D eigenvalue weighted by atomic mass is 10.1. The van der Waals surface area contributed by atoms with Gasteiger partial charge in [0, 0.05) is 22.2 Å². The molecule has 0 aliphatic heterocycles. The van der Waals surface area contributed by atoms with E-state index >= 15 is 0 Å². The molecular weight excluding hydrogens is 305 g/mol. The van der Waals surface area contributed by atoms with Crippen molar-refractivity contribution in [2.45, 2.75) is 57.2 Å². The zero-order valence-corrected chi connectivity index (χ0v) is 18.4. The third-order valence-corrected chi connectivity index (χ3v) is 20.0. The Morgan fingerprint density at radius 3 is 1.81 bits per heavy atom. The first-order chi connectivity index (χ1) is 9.44. The van der Waals surface area contributed by atoms with Crippen LogP contribution in [0, 0.1) is 0 Å². The second kappa shape index (κ2) is 7.08. The highest BCUT2D eigenvalue weighted by Gasteiger charge is 2.37. The molecule has 0 spiro atoms. The van der Waals surface area contributed by atoms with Gasteiger partial charge in [-0.3, -0.25) is 0 Å². The fourth-order valence-electron chi connectivity index (χ4n) is 3.16. The van der Waals surface area contributed by atoms with E-state index in [9.17, 15) is 0 Å². The van der Waals surface area contributed by atoms with Gasteiger partial charge in [0.25, 0.3) is 0 Å². The van der Waals surface area contributed by atoms with Crippen molar-refractivity contribution in [3.63, 3.8) is 0 Å². The zero-order chi connectivity index (χ0) is 16.4. The maximum atomic E-state index is 2.56. The molecule has 4 heteroatoms. The van der Waals surface area contributed by atoms with Crippen LogP contribution in [-0.4, -0.2) is 40.0 Å². The van der Waals surface area contributed by atoms with E-state index in [1.54, 1.807) is 5.30 Å². The van der Waals surface area contributed by atoms with Gasteiger partial charge in [-0.2, -0.15) is 0 Å². The van der Waals surface area contributed by atoms with E-state index in [0.717, 1.165) is 13.5 Å². The lowest BCUT2D eigenvalue weighted by Crippen LogP contribution is -2.52. The van der Waals surface area contributed by atoms with Gasteiger partial charge >= 0.3 is 0 Å². The Balaban J connectivity index is 3.17. The van der Waals surface area contributed by atoms with Crippen LogP contribution in [0.25, 0.3) is 0 Å². The molecule has 21 heavy (non-hydrogen) atoms. The van der Waals surface area contributed by atoms with Crippen LogP contribution in [0.3, 0.4) is 0 Å². The van der Waals surface area contributed by atoms with E-state index in [2.05, 4.69) is 89.5 Å². The van der Waals surface area contributed by atoms with E-state index in [4.69, 9.17) is 0 Å². The molecule has 0 bridgehead atoms. The summed E-state index contributed by atoms with van der Waals surface area (Å²) < 4.78 is 0. The van der Waals surface area contributed by atoms with Crippen molar-refractivity contribution >= 4 is 30.0 Å². The van der Waals surface area contributed by atoms with E-state index in [1.165, 1.54) is 5.56 Å². The monoisotopic (exact) mass is 339 g/mol. The van der Waals surface area contributed by atoms with Gasteiger partial charge in [-0.1, -0.05) is 72.1 Å². The van der Waals surface area contributed by atoms with Crippen LogP contribution < -0.4 is 5.30 Å². The van der Waals surface area contributed by atoms with E-state index in [0.29, 0.717) is 6.04 Å². The number of hydrogen-bond donors (Lipinski definition) is 0. The summed E-state index contributed by atoms with van der Waals surface area (Å²) in [5.41, 5.74) is 1.53. The molecule has 0 radical (unpaired) electrons. The first-order valence-electron chi connectivity index (χ1n) is 7.96. The van der Waals surface area contributed by atoms with E-state index in [-0.39, 0.29) is 0 Å². The second-order valence-electron chi connectivity index (χ2n) is 8.54. The number of nitrogens with zero attached hydrogens (tertiary/aromatic N) is 1. The molecule has 120 valence electrons. The molecule has 0 amide bonds. The molecule has 2 atom stereocenters. The van der Waals surface area contributed by atoms with Crippen LogP contribution in [0.15, 0.2) is 24.3 Å². The molecule has 1 rings (SSSR count). The van der Waals surface area contributed by atoms with Crippen molar-refractivity contribution < 1.29 is 0 Å². The summed E-state index contributed by atoms with van der Waals surface area (Å²) in [4.78, 5) is 3.28. The number of hydrogen-bond acceptors (Lipinski definition) is 1. The van der Waals surface area contributed by atoms with E-state index in [1.807, 2.05) is 0 Å². The molecule has 0 aliphatic carbocycles. The SMILES string of the molecule is C[C@@H](c1ccccc1PC([Si](C)(C)C)[Si](C)(C)C)N(C)C. The lowest BCUT2D eigenvalue weighted by molar-refractivity contribution is 0.322. The third kappa shape index (κ3) is 5.31. The first kappa shape index (κ1) is 19.1. The third-order valence-electron chi connectivity index (χ3n) is 4.22. The smallest absolute Gasteiger partial charge is 0.0492 e. The molecule has 1 aromatic rings. The topological polar surface area (TPSA) is 3.24 Å². The molecule has 1 aromatic carbocycles. The molecule has 0 saturated carbocycles. The molecule has 0 fully saturated rings. The van der Waals surface area contributed by atoms with Gasteiger partial charge in [-0.25, -0.2) is 0 Å². The summed E-state index contributed by atoms with van der Waals surface area (Å²) in [5, 5.41) is 1.61. The molecule has 0 aliphatic rings. The van der Waals surface area contributed by atoms with Crippen LogP contribution >= 0.6 is 8.58 Å². The first-order valence-corrected chi connectivity index (χ1v) is 16.2. The molecule has 0 saturated heterocycles. The van der Waals surface area contributed by atoms with Crippen LogP contribution in [0.4, 0.5) is 0 Å². The maximum absolute atomic E-state index is 2.56. The zero-order valence-electron chi connectivity index (χ0n) is 15.4. The van der Waals surface area contributed by atoms with Crippen molar-refractivity contribution in [2.75, 3.05) is 14.1 Å². The van der Waals surface area contributed by atoms with Gasteiger partial charge < -0.3 is 4.90 Å². The Hall–Kier alpha value is 0.0438. The largest absolute Gasteiger partial charge is 0.303 e. The molecular formula is C17H34NPSi2. The molecule has 0 heterocycles. The summed E-state index contributed by atoms with van der Waals surface area (Å²) in [6, 6.07) is 9.62. The summed E-state index contributed by atoms with van der Waals surface area (Å²) in [5.74, 6) is 0. The van der Waals surface area contributed by atoms with Crippen LogP contribution in [0.1, 0.15) is 18.5 Å². The molecule has 1 unspecified atom stereocenters. The fraction of sp³-hybridized carbons (Fsp3) is 0.647. The Labute approximate surface area is 136 Å². The van der Waals surface area contributed by atoms with Crippen molar-refractivity contribution in [1.82, 2.24) is 4.90 Å². The highest BCUT2D eigenvalue weighted by molar-refractivity contribution is 7.56. The minimum absolute atomic E-state index is 0.498. The van der Waals surface area contributed by atoms with Crippen molar-refractivity contribution in [2.24, 2.45) is 0 Å². The summed E-state index contributed by atoms with van der Waals surface area (Å²) in [6.07, 6.45) is 0. The van der Waals surface area contributed by atoms with Gasteiger partial charge in [0.1, 0.15) is 0 Å². The normalized spacial score (nSPS) is 15.4. The lowest BCUT2D eigenvalue weighted by Gasteiger charge is -2.39. The van der Waals surface area contributed by atoms with Gasteiger partial charge in [0.05, 0.1) is 0 Å². The highest BCUT2D eigenvalue weighted by Crippen LogP contribution is 2.36. The van der Waals surface area contributed by atoms with Crippen molar-refractivity contribution in [3.05, 3.63) is 29.8 Å². The summed E-state index contributed by atoms with van der Waals surface area (Å²) in [7, 11) is 3.08. The average Bonchev–Trinajstić information content (AvgIpc) is 2.32. The molecule has 1 nitrogen and oxygen atoms in total. The Kier molecular flexibility index (Phi) is 6.44. The van der Waals surface area contributed by atoms with Gasteiger partial charge in [0.2, 0.25) is 0 Å². The van der Waals surface area contributed by atoms with Gasteiger partial charge in [-0.05, 0) is 36.8 Å². The Morgan fingerprint density at radius 1 is 0.905 bits per heavy atom. The van der Waals surface area contributed by atoms with Gasteiger partial charge in [-0.15, -0.1) is 0 Å². The number of rotatable bonds is 6. The standard InChI is InChI=1S/C17H34NPSi2/c1-14(18(2)3)15-12-10-11-13-16(15)19-17(20(4,5)6)21(7,8)9/h10-14,17,19H,1-9H3/t14-/m0/s1. The Morgan fingerprint density at radius 2 is 1.38 bits per heavy atom. The minimum Gasteiger partial charge on any atom is -0.303 e.